The second-order valence-corrected chi connectivity index (χ2v) is 7.36. The fraction of sp³-hybridized carbons (Fsp3) is 0.650. The van der Waals surface area contributed by atoms with E-state index in [1.165, 1.54) is 50.7 Å². The highest BCUT2D eigenvalue weighted by Crippen LogP contribution is 2.32. The Hall–Kier alpha value is -1.52. The van der Waals surface area contributed by atoms with Crippen molar-refractivity contribution in [3.8, 4) is 0 Å². The van der Waals surface area contributed by atoms with Gasteiger partial charge in [-0.3, -0.25) is 4.99 Å². The Morgan fingerprint density at radius 1 is 1.00 bits per heavy atom. The maximum atomic E-state index is 12.7. The van der Waals surface area contributed by atoms with Gasteiger partial charge in [-0.2, -0.15) is 13.2 Å². The molecule has 0 amide bonds. The maximum absolute atomic E-state index is 12.7. The lowest BCUT2D eigenvalue weighted by Crippen LogP contribution is -2.35. The molecule has 1 aromatic rings. The van der Waals surface area contributed by atoms with Crippen molar-refractivity contribution in [2.24, 2.45) is 10.9 Å². The summed E-state index contributed by atoms with van der Waals surface area (Å²) in [6, 6.07) is 6.08. The third-order valence-electron chi connectivity index (χ3n) is 5.41. The molecule has 0 radical (unpaired) electrons. The van der Waals surface area contributed by atoms with Gasteiger partial charge in [-0.25, -0.2) is 0 Å². The first-order valence-corrected chi connectivity index (χ1v) is 9.46. The minimum atomic E-state index is -4.27. The number of piperidine rings is 1. The first-order chi connectivity index (χ1) is 12.0. The first kappa shape index (κ1) is 18.3. The van der Waals surface area contributed by atoms with Crippen molar-refractivity contribution in [2.45, 2.75) is 63.6 Å². The largest absolute Gasteiger partial charge is 0.416 e. The minimum absolute atomic E-state index is 0.517. The number of aliphatic imine (C=N–C) groups is 1. The van der Waals surface area contributed by atoms with Gasteiger partial charge in [0.1, 0.15) is 0 Å². The summed E-state index contributed by atoms with van der Waals surface area (Å²) >= 11 is 0. The molecule has 2 fully saturated rings. The molecule has 1 atom stereocenters. The topological polar surface area (TPSA) is 15.6 Å². The summed E-state index contributed by atoms with van der Waals surface area (Å²) in [5.41, 5.74) is 0.311. The molecule has 1 saturated heterocycles. The molecule has 1 aromatic carbocycles. The minimum Gasteiger partial charge on any atom is -0.371 e. The van der Waals surface area contributed by atoms with Crippen LogP contribution in [0.3, 0.4) is 0 Å². The number of rotatable bonds is 4. The van der Waals surface area contributed by atoms with Gasteiger partial charge >= 0.3 is 6.18 Å². The third kappa shape index (κ3) is 5.23. The zero-order valence-corrected chi connectivity index (χ0v) is 14.6. The second kappa shape index (κ2) is 8.24. The van der Waals surface area contributed by atoms with E-state index < -0.39 is 11.7 Å². The molecule has 25 heavy (non-hydrogen) atoms. The summed E-state index contributed by atoms with van der Waals surface area (Å²) in [7, 11) is 0. The van der Waals surface area contributed by atoms with Gasteiger partial charge in [-0.15, -0.1) is 0 Å². The highest BCUT2D eigenvalue weighted by atomic mass is 19.4. The number of halogens is 3. The Kier molecular flexibility index (Phi) is 6.02. The van der Waals surface area contributed by atoms with E-state index in [1.807, 2.05) is 0 Å². The van der Waals surface area contributed by atoms with Crippen molar-refractivity contribution < 1.29 is 13.2 Å². The van der Waals surface area contributed by atoms with Crippen LogP contribution in [0.4, 0.5) is 18.9 Å². The van der Waals surface area contributed by atoms with Crippen molar-refractivity contribution in [3.63, 3.8) is 0 Å². The molecule has 0 bridgehead atoms. The van der Waals surface area contributed by atoms with Gasteiger partial charge in [-0.1, -0.05) is 19.3 Å². The monoisotopic (exact) mass is 352 g/mol. The molecule has 0 aromatic heterocycles. The summed E-state index contributed by atoms with van der Waals surface area (Å²) < 4.78 is 38.1. The van der Waals surface area contributed by atoms with Crippen LogP contribution < -0.4 is 4.90 Å². The summed E-state index contributed by atoms with van der Waals surface area (Å²) in [6.45, 7) is 1.82. The first-order valence-electron chi connectivity index (χ1n) is 9.46. The fourth-order valence-corrected chi connectivity index (χ4v) is 3.94. The van der Waals surface area contributed by atoms with Gasteiger partial charge in [0.25, 0.3) is 0 Å². The highest BCUT2D eigenvalue weighted by Gasteiger charge is 2.30. The van der Waals surface area contributed by atoms with Crippen LogP contribution in [0.2, 0.25) is 0 Å². The summed E-state index contributed by atoms with van der Waals surface area (Å²) in [5.74, 6) is 0.545. The fourth-order valence-electron chi connectivity index (χ4n) is 3.94. The van der Waals surface area contributed by atoms with Crippen molar-refractivity contribution in [3.05, 3.63) is 29.8 Å². The second-order valence-electron chi connectivity index (χ2n) is 7.36. The molecule has 2 aliphatic rings. The van der Waals surface area contributed by atoms with Crippen molar-refractivity contribution in [2.75, 3.05) is 18.0 Å². The molecular weight excluding hydrogens is 325 g/mol. The van der Waals surface area contributed by atoms with Crippen LogP contribution in [-0.2, 0) is 6.18 Å². The predicted octanol–water partition coefficient (Wildman–Crippen LogP) is 5.72. The van der Waals surface area contributed by atoms with Gasteiger partial charge in [0.15, 0.2) is 0 Å². The zero-order valence-electron chi connectivity index (χ0n) is 14.6. The summed E-state index contributed by atoms with van der Waals surface area (Å²) in [5, 5.41) is 0. The van der Waals surface area contributed by atoms with Crippen molar-refractivity contribution in [1.82, 2.24) is 0 Å². The van der Waals surface area contributed by atoms with E-state index in [4.69, 9.17) is 4.99 Å². The van der Waals surface area contributed by atoms with Crippen LogP contribution in [0, 0.1) is 5.92 Å². The van der Waals surface area contributed by atoms with Gasteiger partial charge in [0.05, 0.1) is 5.56 Å². The highest BCUT2D eigenvalue weighted by molar-refractivity contribution is 5.58. The van der Waals surface area contributed by atoms with Crippen LogP contribution in [0.25, 0.3) is 0 Å². The van der Waals surface area contributed by atoms with Crippen molar-refractivity contribution in [1.29, 1.82) is 0 Å². The smallest absolute Gasteiger partial charge is 0.371 e. The van der Waals surface area contributed by atoms with E-state index in [1.54, 1.807) is 12.1 Å². The molecule has 1 heterocycles. The molecule has 1 aliphatic carbocycles. The van der Waals surface area contributed by atoms with Crippen LogP contribution in [0.1, 0.15) is 56.9 Å². The Balaban J connectivity index is 1.53. The lowest BCUT2D eigenvalue weighted by Gasteiger charge is -2.34. The van der Waals surface area contributed by atoms with E-state index in [0.717, 1.165) is 31.6 Å². The summed E-state index contributed by atoms with van der Waals surface area (Å²) in [6.07, 6.45) is 7.47. The van der Waals surface area contributed by atoms with Crippen molar-refractivity contribution >= 4 is 11.9 Å². The van der Waals surface area contributed by atoms with E-state index in [2.05, 4.69) is 11.1 Å². The van der Waals surface area contributed by atoms with Gasteiger partial charge in [0, 0.05) is 24.8 Å². The number of anilines is 1. The standard InChI is InChI=1S/C20H27F3N2/c21-20(22,23)17-8-10-19(11-9-17)25-14-4-5-16(15-25)12-13-24-18-6-2-1-3-7-18/h8-11,13,16,18H,1-7,12,14-15H2. The normalized spacial score (nSPS) is 23.3. The zero-order chi connectivity index (χ0) is 17.7. The molecule has 1 aliphatic heterocycles. The number of nitrogens with zero attached hydrogens (tertiary/aromatic N) is 2. The predicted molar refractivity (Wildman–Crippen MR) is 96.4 cm³/mol. The number of benzene rings is 1. The molecule has 0 spiro atoms. The van der Waals surface area contributed by atoms with E-state index in [-0.39, 0.29) is 0 Å². The Morgan fingerprint density at radius 2 is 1.72 bits per heavy atom. The van der Waals surface area contributed by atoms with E-state index in [9.17, 15) is 13.2 Å². The van der Waals surface area contributed by atoms with Gasteiger partial charge in [-0.05, 0) is 68.5 Å². The van der Waals surface area contributed by atoms with Crippen LogP contribution in [0.5, 0.6) is 0 Å². The Morgan fingerprint density at radius 3 is 2.40 bits per heavy atom. The van der Waals surface area contributed by atoms with E-state index in [0.29, 0.717) is 12.0 Å². The van der Waals surface area contributed by atoms with Gasteiger partial charge in [0.2, 0.25) is 0 Å². The lowest BCUT2D eigenvalue weighted by molar-refractivity contribution is -0.137. The molecule has 5 heteroatoms. The molecular formula is C20H27F3N2. The SMILES string of the molecule is FC(F)(F)c1ccc(N2CCCC(CC=NC3CCCCC3)C2)cc1. The molecule has 0 N–H and O–H groups in total. The van der Waals surface area contributed by atoms with Crippen LogP contribution in [-0.4, -0.2) is 25.3 Å². The van der Waals surface area contributed by atoms with Crippen LogP contribution in [0.15, 0.2) is 29.3 Å². The number of alkyl halides is 3. The molecule has 138 valence electrons. The maximum Gasteiger partial charge on any atom is 0.416 e. The average molecular weight is 352 g/mol. The van der Waals surface area contributed by atoms with Gasteiger partial charge < -0.3 is 4.90 Å². The Bertz CT molecular complexity index is 559. The Labute approximate surface area is 148 Å². The lowest BCUT2D eigenvalue weighted by atomic mass is 9.94. The molecule has 3 rings (SSSR count). The third-order valence-corrected chi connectivity index (χ3v) is 5.41. The molecule has 1 saturated carbocycles. The van der Waals surface area contributed by atoms with E-state index >= 15 is 0 Å². The average Bonchev–Trinajstić information content (AvgIpc) is 2.62. The number of hydrogen-bond acceptors (Lipinski definition) is 2. The van der Waals surface area contributed by atoms with Crippen LogP contribution >= 0.6 is 0 Å². The summed E-state index contributed by atoms with van der Waals surface area (Å²) in [4.78, 5) is 6.96. The quantitative estimate of drug-likeness (QED) is 0.633. The number of hydrogen-bond donors (Lipinski definition) is 0. The molecule has 1 unspecified atom stereocenters. The molecule has 2 nitrogen and oxygen atoms in total.